The third kappa shape index (κ3) is 4.15. The Hall–Kier alpha value is -1.78. The number of rotatable bonds is 5. The van der Waals surface area contributed by atoms with Crippen molar-refractivity contribution < 1.29 is 9.22 Å². The van der Waals surface area contributed by atoms with E-state index < -0.39 is 14.4 Å². The molecule has 0 bridgehead atoms. The molecular weight excluding hydrogens is 302 g/mol. The highest BCUT2D eigenvalue weighted by atomic mass is 28.4. The number of aromatic nitrogens is 1. The number of pyridine rings is 1. The summed E-state index contributed by atoms with van der Waals surface area (Å²) in [5, 5.41) is 0.0370. The highest BCUT2D eigenvalue weighted by Crippen LogP contribution is 2.40. The molecule has 1 heterocycles. The Labute approximate surface area is 139 Å². The van der Waals surface area contributed by atoms with Gasteiger partial charge in [-0.1, -0.05) is 51.1 Å². The van der Waals surface area contributed by atoms with E-state index in [-0.39, 0.29) is 10.8 Å². The van der Waals surface area contributed by atoms with E-state index in [2.05, 4.69) is 38.8 Å². The Bertz CT molecular complexity index is 648. The second-order valence-electron chi connectivity index (χ2n) is 7.27. The number of hydrogen-bond donors (Lipinski definition) is 0. The molecule has 0 aliphatic carbocycles. The van der Waals surface area contributed by atoms with Crippen LogP contribution in [0.25, 0.3) is 0 Å². The van der Waals surface area contributed by atoms with E-state index in [0.717, 1.165) is 5.56 Å². The number of carbonyl (C=O) groups excluding carboxylic acids is 1. The van der Waals surface area contributed by atoms with Gasteiger partial charge < -0.3 is 4.43 Å². The molecule has 0 saturated heterocycles. The standard InChI is InChI=1S/C19H25NO2Si/c1-19(2,3)23(4,5)22-18(16-11-13-20-14-12-16)17(21)15-9-7-6-8-10-15/h6-14,18H,1-5H3/t18-/m0/s1. The molecule has 1 aromatic carbocycles. The summed E-state index contributed by atoms with van der Waals surface area (Å²) in [6.45, 7) is 10.9. The first-order valence-corrected chi connectivity index (χ1v) is 10.8. The van der Waals surface area contributed by atoms with Gasteiger partial charge in [0.15, 0.2) is 14.1 Å². The smallest absolute Gasteiger partial charge is 0.194 e. The largest absolute Gasteiger partial charge is 0.403 e. The maximum absolute atomic E-state index is 13.0. The minimum atomic E-state index is -2.09. The lowest BCUT2D eigenvalue weighted by Gasteiger charge is -2.39. The first-order valence-electron chi connectivity index (χ1n) is 7.89. The number of ketones is 1. The first kappa shape index (κ1) is 17.6. The Morgan fingerprint density at radius 2 is 1.61 bits per heavy atom. The summed E-state index contributed by atoms with van der Waals surface area (Å²) in [7, 11) is -2.09. The number of nitrogens with zero attached hydrogens (tertiary/aromatic N) is 1. The topological polar surface area (TPSA) is 39.2 Å². The molecule has 122 valence electrons. The van der Waals surface area contributed by atoms with Crippen molar-refractivity contribution in [2.24, 2.45) is 0 Å². The molecule has 0 saturated carbocycles. The van der Waals surface area contributed by atoms with Gasteiger partial charge in [0.05, 0.1) is 0 Å². The van der Waals surface area contributed by atoms with E-state index >= 15 is 0 Å². The van der Waals surface area contributed by atoms with Crippen molar-refractivity contribution in [3.63, 3.8) is 0 Å². The molecule has 0 aliphatic rings. The molecule has 0 radical (unpaired) electrons. The van der Waals surface area contributed by atoms with Crippen molar-refractivity contribution in [3.8, 4) is 0 Å². The highest BCUT2D eigenvalue weighted by Gasteiger charge is 2.41. The summed E-state index contributed by atoms with van der Waals surface area (Å²) in [6, 6.07) is 13.1. The summed E-state index contributed by atoms with van der Waals surface area (Å²) in [4.78, 5) is 17.1. The van der Waals surface area contributed by atoms with E-state index in [9.17, 15) is 4.79 Å². The van der Waals surface area contributed by atoms with Crippen LogP contribution in [-0.4, -0.2) is 19.1 Å². The fraction of sp³-hybridized carbons (Fsp3) is 0.368. The minimum Gasteiger partial charge on any atom is -0.403 e. The van der Waals surface area contributed by atoms with E-state index in [1.54, 1.807) is 12.4 Å². The van der Waals surface area contributed by atoms with Gasteiger partial charge in [0.25, 0.3) is 0 Å². The second-order valence-corrected chi connectivity index (χ2v) is 12.0. The monoisotopic (exact) mass is 327 g/mol. The van der Waals surface area contributed by atoms with Gasteiger partial charge >= 0.3 is 0 Å². The third-order valence-corrected chi connectivity index (χ3v) is 8.96. The summed E-state index contributed by atoms with van der Waals surface area (Å²) in [6.07, 6.45) is 2.83. The zero-order valence-corrected chi connectivity index (χ0v) is 15.5. The predicted molar refractivity (Wildman–Crippen MR) is 96.0 cm³/mol. The number of benzene rings is 1. The summed E-state index contributed by atoms with van der Waals surface area (Å²) in [5.41, 5.74) is 1.53. The maximum atomic E-state index is 13.0. The normalized spacial score (nSPS) is 13.6. The quantitative estimate of drug-likeness (QED) is 0.571. The van der Waals surface area contributed by atoms with Gasteiger partial charge in [-0.15, -0.1) is 0 Å². The van der Waals surface area contributed by atoms with E-state index in [1.807, 2.05) is 42.5 Å². The van der Waals surface area contributed by atoms with Crippen molar-refractivity contribution >= 4 is 14.1 Å². The summed E-state index contributed by atoms with van der Waals surface area (Å²) >= 11 is 0. The molecule has 0 spiro atoms. The minimum absolute atomic E-state index is 0.00150. The van der Waals surface area contributed by atoms with Crippen LogP contribution in [-0.2, 0) is 4.43 Å². The lowest BCUT2D eigenvalue weighted by atomic mass is 10.0. The van der Waals surface area contributed by atoms with Crippen LogP contribution in [0.1, 0.15) is 42.8 Å². The molecule has 0 N–H and O–H groups in total. The molecule has 4 heteroatoms. The molecule has 3 nitrogen and oxygen atoms in total. The zero-order chi connectivity index (χ0) is 17.1. The van der Waals surface area contributed by atoms with Gasteiger partial charge in [0.2, 0.25) is 0 Å². The van der Waals surface area contributed by atoms with E-state index in [4.69, 9.17) is 4.43 Å². The molecule has 23 heavy (non-hydrogen) atoms. The fourth-order valence-electron chi connectivity index (χ4n) is 2.04. The van der Waals surface area contributed by atoms with Crippen molar-refractivity contribution in [2.45, 2.75) is 45.0 Å². The summed E-state index contributed by atoms with van der Waals surface area (Å²) in [5.74, 6) is 0.00150. The number of carbonyl (C=O) groups is 1. The average molecular weight is 328 g/mol. The van der Waals surface area contributed by atoms with E-state index in [1.165, 1.54) is 0 Å². The number of Topliss-reactive ketones (excluding diaryl/α,β-unsaturated/α-hetero) is 1. The lowest BCUT2D eigenvalue weighted by molar-refractivity contribution is 0.0767. The predicted octanol–water partition coefficient (Wildman–Crippen LogP) is 5.03. The maximum Gasteiger partial charge on any atom is 0.194 e. The average Bonchev–Trinajstić information content (AvgIpc) is 2.52. The highest BCUT2D eigenvalue weighted by molar-refractivity contribution is 6.74. The van der Waals surface area contributed by atoms with Crippen LogP contribution in [0, 0.1) is 0 Å². The van der Waals surface area contributed by atoms with Crippen LogP contribution in [0.15, 0.2) is 54.9 Å². The van der Waals surface area contributed by atoms with Crippen molar-refractivity contribution in [3.05, 3.63) is 66.0 Å². The van der Waals surface area contributed by atoms with Crippen LogP contribution in [0.2, 0.25) is 18.1 Å². The SMILES string of the molecule is CC(C)(C)[Si](C)(C)O[C@H](C(=O)c1ccccc1)c1ccncc1. The molecule has 2 aromatic rings. The van der Waals surface area contributed by atoms with Gasteiger partial charge in [-0.25, -0.2) is 0 Å². The van der Waals surface area contributed by atoms with Gasteiger partial charge in [0, 0.05) is 18.0 Å². The molecule has 1 aromatic heterocycles. The first-order chi connectivity index (χ1) is 10.7. The van der Waals surface area contributed by atoms with E-state index in [0.29, 0.717) is 5.56 Å². The zero-order valence-electron chi connectivity index (χ0n) is 14.5. The van der Waals surface area contributed by atoms with Gasteiger partial charge in [-0.2, -0.15) is 0 Å². The van der Waals surface area contributed by atoms with Crippen LogP contribution in [0.3, 0.4) is 0 Å². The summed E-state index contributed by atoms with van der Waals surface area (Å²) < 4.78 is 6.47. The van der Waals surface area contributed by atoms with Crippen LogP contribution >= 0.6 is 0 Å². The molecule has 0 aliphatic heterocycles. The van der Waals surface area contributed by atoms with Crippen LogP contribution in [0.4, 0.5) is 0 Å². The molecule has 2 rings (SSSR count). The fourth-order valence-corrected chi connectivity index (χ4v) is 3.22. The Morgan fingerprint density at radius 1 is 1.04 bits per heavy atom. The molecular formula is C19H25NO2Si. The van der Waals surface area contributed by atoms with Crippen molar-refractivity contribution in [2.75, 3.05) is 0 Å². The van der Waals surface area contributed by atoms with Gasteiger partial charge in [-0.05, 0) is 35.8 Å². The molecule has 0 unspecified atom stereocenters. The molecule has 0 fully saturated rings. The Kier molecular flexibility index (Phi) is 5.17. The third-order valence-electron chi connectivity index (χ3n) is 4.52. The van der Waals surface area contributed by atoms with Crippen molar-refractivity contribution in [1.82, 2.24) is 4.98 Å². The molecule has 1 atom stereocenters. The van der Waals surface area contributed by atoms with Gasteiger partial charge in [-0.3, -0.25) is 9.78 Å². The lowest BCUT2D eigenvalue weighted by Crippen LogP contribution is -2.43. The van der Waals surface area contributed by atoms with Crippen molar-refractivity contribution in [1.29, 1.82) is 0 Å². The molecule has 0 amide bonds. The van der Waals surface area contributed by atoms with Crippen LogP contribution < -0.4 is 0 Å². The number of hydrogen-bond acceptors (Lipinski definition) is 3. The Morgan fingerprint density at radius 3 is 2.13 bits per heavy atom. The van der Waals surface area contributed by atoms with Crippen LogP contribution in [0.5, 0.6) is 0 Å². The second kappa shape index (κ2) is 6.77. The Balaban J connectivity index is 2.40. The van der Waals surface area contributed by atoms with Gasteiger partial charge in [0.1, 0.15) is 6.10 Å².